The van der Waals surface area contributed by atoms with Crippen LogP contribution in [0.25, 0.3) is 0 Å². The highest BCUT2D eigenvalue weighted by atomic mass is 16.2. The van der Waals surface area contributed by atoms with Crippen molar-refractivity contribution >= 4 is 5.91 Å². The molecule has 2 rings (SSSR count). The van der Waals surface area contributed by atoms with E-state index in [4.69, 9.17) is 5.73 Å². The quantitative estimate of drug-likeness (QED) is 0.866. The number of piperazine rings is 1. The lowest BCUT2D eigenvalue weighted by Gasteiger charge is -2.35. The molecule has 110 valence electrons. The van der Waals surface area contributed by atoms with Crippen molar-refractivity contribution in [1.29, 1.82) is 0 Å². The summed E-state index contributed by atoms with van der Waals surface area (Å²) >= 11 is 0. The maximum Gasteiger partial charge on any atom is 0.239 e. The van der Waals surface area contributed by atoms with E-state index in [0.29, 0.717) is 0 Å². The van der Waals surface area contributed by atoms with Crippen molar-refractivity contribution in [3.8, 4) is 0 Å². The zero-order valence-corrected chi connectivity index (χ0v) is 12.2. The summed E-state index contributed by atoms with van der Waals surface area (Å²) in [6.07, 6.45) is 5.41. The van der Waals surface area contributed by atoms with E-state index in [0.717, 1.165) is 45.6 Å². The van der Waals surface area contributed by atoms with Gasteiger partial charge < -0.3 is 10.6 Å². The number of carbonyl (C=O) groups is 1. The molecule has 0 aliphatic carbocycles. The fraction of sp³-hybridized carbons (Fsp3) is 0.600. The van der Waals surface area contributed by atoms with Gasteiger partial charge in [0.2, 0.25) is 5.91 Å². The van der Waals surface area contributed by atoms with Crippen LogP contribution in [0.5, 0.6) is 0 Å². The standard InChI is InChI=1S/C15H24N4O/c1-2-4-14(16)15(20)19-9-7-18(8-10-19)12-13-5-3-6-17-11-13/h3,5-6,11,14H,2,4,7-10,12,16H2,1H3/t14-/m0/s1. The van der Waals surface area contributed by atoms with Crippen molar-refractivity contribution in [2.75, 3.05) is 26.2 Å². The maximum atomic E-state index is 12.1. The summed E-state index contributed by atoms with van der Waals surface area (Å²) in [4.78, 5) is 20.5. The van der Waals surface area contributed by atoms with Crippen molar-refractivity contribution in [1.82, 2.24) is 14.8 Å². The fourth-order valence-electron chi connectivity index (χ4n) is 2.55. The van der Waals surface area contributed by atoms with Gasteiger partial charge in [-0.1, -0.05) is 19.4 Å². The first-order valence-electron chi connectivity index (χ1n) is 7.36. The van der Waals surface area contributed by atoms with Gasteiger partial charge in [0, 0.05) is 45.1 Å². The molecule has 5 nitrogen and oxygen atoms in total. The molecule has 0 radical (unpaired) electrons. The van der Waals surface area contributed by atoms with E-state index < -0.39 is 0 Å². The molecule has 5 heteroatoms. The van der Waals surface area contributed by atoms with Crippen LogP contribution in [0.15, 0.2) is 24.5 Å². The first-order valence-corrected chi connectivity index (χ1v) is 7.36. The third-order valence-electron chi connectivity index (χ3n) is 3.73. The summed E-state index contributed by atoms with van der Waals surface area (Å²) in [5, 5.41) is 0. The summed E-state index contributed by atoms with van der Waals surface area (Å²) in [7, 11) is 0. The summed E-state index contributed by atoms with van der Waals surface area (Å²) < 4.78 is 0. The molecule has 20 heavy (non-hydrogen) atoms. The van der Waals surface area contributed by atoms with Crippen LogP contribution in [0.3, 0.4) is 0 Å². The van der Waals surface area contributed by atoms with Crippen molar-refractivity contribution in [2.24, 2.45) is 5.73 Å². The van der Waals surface area contributed by atoms with Gasteiger partial charge in [0.15, 0.2) is 0 Å². The monoisotopic (exact) mass is 276 g/mol. The number of nitrogens with zero attached hydrogens (tertiary/aromatic N) is 3. The molecule has 0 aromatic carbocycles. The first kappa shape index (κ1) is 14.9. The molecule has 1 fully saturated rings. The molecule has 1 atom stereocenters. The van der Waals surface area contributed by atoms with Gasteiger partial charge in [-0.25, -0.2) is 0 Å². The van der Waals surface area contributed by atoms with E-state index >= 15 is 0 Å². The van der Waals surface area contributed by atoms with Crippen molar-refractivity contribution in [3.63, 3.8) is 0 Å². The molecule has 1 aliphatic rings. The fourth-order valence-corrected chi connectivity index (χ4v) is 2.55. The minimum atomic E-state index is -0.329. The Balaban J connectivity index is 1.79. The van der Waals surface area contributed by atoms with Gasteiger partial charge >= 0.3 is 0 Å². The minimum Gasteiger partial charge on any atom is -0.339 e. The highest BCUT2D eigenvalue weighted by Gasteiger charge is 2.24. The number of aromatic nitrogens is 1. The number of carbonyl (C=O) groups excluding carboxylic acids is 1. The van der Waals surface area contributed by atoms with Gasteiger partial charge in [0.1, 0.15) is 0 Å². The second-order valence-electron chi connectivity index (χ2n) is 5.36. The summed E-state index contributed by atoms with van der Waals surface area (Å²) in [6.45, 7) is 6.31. The Labute approximate surface area is 120 Å². The Morgan fingerprint density at radius 3 is 2.75 bits per heavy atom. The van der Waals surface area contributed by atoms with Crippen molar-refractivity contribution in [3.05, 3.63) is 30.1 Å². The smallest absolute Gasteiger partial charge is 0.239 e. The number of hydrogen-bond donors (Lipinski definition) is 1. The number of nitrogens with two attached hydrogens (primary N) is 1. The predicted molar refractivity (Wildman–Crippen MR) is 79.0 cm³/mol. The van der Waals surface area contributed by atoms with E-state index in [2.05, 4.69) is 22.9 Å². The zero-order valence-electron chi connectivity index (χ0n) is 12.2. The lowest BCUT2D eigenvalue weighted by atomic mass is 10.1. The zero-order chi connectivity index (χ0) is 14.4. The molecule has 1 aromatic heterocycles. The number of hydrogen-bond acceptors (Lipinski definition) is 4. The van der Waals surface area contributed by atoms with Gasteiger partial charge in [0.25, 0.3) is 0 Å². The lowest BCUT2D eigenvalue weighted by Crippen LogP contribution is -2.52. The van der Waals surface area contributed by atoms with Gasteiger partial charge in [-0.2, -0.15) is 0 Å². The van der Waals surface area contributed by atoms with E-state index in [9.17, 15) is 4.79 Å². The molecule has 2 heterocycles. The van der Waals surface area contributed by atoms with E-state index in [1.54, 1.807) is 6.20 Å². The predicted octanol–water partition coefficient (Wildman–Crippen LogP) is 0.853. The van der Waals surface area contributed by atoms with E-state index in [1.165, 1.54) is 5.56 Å². The highest BCUT2D eigenvalue weighted by Crippen LogP contribution is 2.09. The van der Waals surface area contributed by atoms with Gasteiger partial charge in [0.05, 0.1) is 6.04 Å². The summed E-state index contributed by atoms with van der Waals surface area (Å²) in [6, 6.07) is 3.71. The molecule has 2 N–H and O–H groups in total. The highest BCUT2D eigenvalue weighted by molar-refractivity contribution is 5.81. The van der Waals surface area contributed by atoms with Crippen molar-refractivity contribution in [2.45, 2.75) is 32.4 Å². The van der Waals surface area contributed by atoms with Gasteiger partial charge in [-0.3, -0.25) is 14.7 Å². The lowest BCUT2D eigenvalue weighted by molar-refractivity contribution is -0.134. The second-order valence-corrected chi connectivity index (χ2v) is 5.36. The van der Waals surface area contributed by atoms with Crippen LogP contribution in [-0.4, -0.2) is 52.9 Å². The molecular formula is C15H24N4O. The second kappa shape index (κ2) is 7.36. The average molecular weight is 276 g/mol. The topological polar surface area (TPSA) is 62.5 Å². The Kier molecular flexibility index (Phi) is 5.49. The average Bonchev–Trinajstić information content (AvgIpc) is 2.48. The van der Waals surface area contributed by atoms with Crippen LogP contribution >= 0.6 is 0 Å². The van der Waals surface area contributed by atoms with Crippen LogP contribution in [0.1, 0.15) is 25.3 Å². The van der Waals surface area contributed by atoms with E-state index in [-0.39, 0.29) is 11.9 Å². The summed E-state index contributed by atoms with van der Waals surface area (Å²) in [5.41, 5.74) is 7.12. The molecule has 0 unspecified atom stereocenters. The van der Waals surface area contributed by atoms with Crippen LogP contribution < -0.4 is 5.73 Å². The third-order valence-corrected chi connectivity index (χ3v) is 3.73. The molecular weight excluding hydrogens is 252 g/mol. The largest absolute Gasteiger partial charge is 0.339 e. The van der Waals surface area contributed by atoms with Crippen LogP contribution in [-0.2, 0) is 11.3 Å². The number of rotatable bonds is 5. The maximum absolute atomic E-state index is 12.1. The van der Waals surface area contributed by atoms with Gasteiger partial charge in [-0.05, 0) is 18.1 Å². The molecule has 0 bridgehead atoms. The minimum absolute atomic E-state index is 0.105. The SMILES string of the molecule is CCC[C@H](N)C(=O)N1CCN(Cc2cccnc2)CC1. The molecule has 1 amide bonds. The Morgan fingerprint density at radius 1 is 1.40 bits per heavy atom. The van der Waals surface area contributed by atoms with Gasteiger partial charge in [-0.15, -0.1) is 0 Å². The number of pyridine rings is 1. The molecule has 1 aliphatic heterocycles. The molecule has 1 saturated heterocycles. The van der Waals surface area contributed by atoms with Crippen LogP contribution in [0.4, 0.5) is 0 Å². The van der Waals surface area contributed by atoms with E-state index in [1.807, 2.05) is 17.2 Å². The molecule has 0 spiro atoms. The van der Waals surface area contributed by atoms with Crippen LogP contribution in [0, 0.1) is 0 Å². The van der Waals surface area contributed by atoms with Crippen LogP contribution in [0.2, 0.25) is 0 Å². The first-order chi connectivity index (χ1) is 9.70. The Hall–Kier alpha value is -1.46. The molecule has 1 aromatic rings. The Morgan fingerprint density at radius 2 is 2.15 bits per heavy atom. The molecule has 0 saturated carbocycles. The summed E-state index contributed by atoms with van der Waals surface area (Å²) in [5.74, 6) is 0.105. The van der Waals surface area contributed by atoms with Crippen molar-refractivity contribution < 1.29 is 4.79 Å². The normalized spacial score (nSPS) is 18.0. The third kappa shape index (κ3) is 4.02. The number of amides is 1. The Bertz CT molecular complexity index is 415.